The molecular formula is C53H88O14. The molecule has 2 aliphatic heterocycles. The van der Waals surface area contributed by atoms with Gasteiger partial charge in [0, 0.05) is 6.42 Å². The predicted molar refractivity (Wildman–Crippen MR) is 261 cm³/mol. The lowest BCUT2D eigenvalue weighted by molar-refractivity contribution is -0.332. The molecule has 0 amide bonds. The second kappa shape index (κ2) is 40.0. The number of aliphatic hydroxyl groups is 7. The van der Waals surface area contributed by atoms with Gasteiger partial charge in [-0.1, -0.05) is 144 Å². The third-order valence-electron chi connectivity index (χ3n) is 11.4. The van der Waals surface area contributed by atoms with Crippen molar-refractivity contribution in [3.05, 3.63) is 85.1 Å². The topological polar surface area (TPSA) is 214 Å². The minimum absolute atomic E-state index is 0.000967. The quantitative estimate of drug-likeness (QED) is 0.0184. The van der Waals surface area contributed by atoms with Crippen molar-refractivity contribution < 1.29 is 69.0 Å². The van der Waals surface area contributed by atoms with Gasteiger partial charge in [-0.15, -0.1) is 0 Å². The second-order valence-corrected chi connectivity index (χ2v) is 17.3. The molecule has 2 aliphatic rings. The molecule has 11 unspecified atom stereocenters. The van der Waals surface area contributed by atoms with Crippen molar-refractivity contribution in [2.75, 3.05) is 33.0 Å². The highest BCUT2D eigenvalue weighted by molar-refractivity contribution is 5.69. The van der Waals surface area contributed by atoms with E-state index in [0.717, 1.165) is 70.6 Å². The van der Waals surface area contributed by atoms with E-state index < -0.39 is 86.7 Å². The molecule has 0 bridgehead atoms. The zero-order chi connectivity index (χ0) is 48.7. The van der Waals surface area contributed by atoms with Crippen LogP contribution in [0.15, 0.2) is 85.1 Å². The van der Waals surface area contributed by atoms with Crippen LogP contribution in [0.1, 0.15) is 142 Å². The smallest absolute Gasteiger partial charge is 0.306 e. The van der Waals surface area contributed by atoms with Crippen molar-refractivity contribution in [2.24, 2.45) is 0 Å². The third kappa shape index (κ3) is 27.8. The number of carbonyl (C=O) groups is 1. The fourth-order valence-corrected chi connectivity index (χ4v) is 7.32. The molecule has 0 aromatic carbocycles. The van der Waals surface area contributed by atoms with Gasteiger partial charge < -0.3 is 64.2 Å². The Labute approximate surface area is 401 Å². The van der Waals surface area contributed by atoms with Crippen molar-refractivity contribution in [1.82, 2.24) is 0 Å². The van der Waals surface area contributed by atoms with Crippen LogP contribution in [0.3, 0.4) is 0 Å². The van der Waals surface area contributed by atoms with Crippen LogP contribution < -0.4 is 0 Å². The van der Waals surface area contributed by atoms with Crippen molar-refractivity contribution in [3.63, 3.8) is 0 Å². The van der Waals surface area contributed by atoms with E-state index in [9.17, 15) is 40.5 Å². The molecule has 2 fully saturated rings. The van der Waals surface area contributed by atoms with E-state index >= 15 is 0 Å². The maximum absolute atomic E-state index is 13.0. The Hall–Kier alpha value is -2.83. The number of esters is 1. The number of hydrogen-bond donors (Lipinski definition) is 7. The van der Waals surface area contributed by atoms with Gasteiger partial charge in [0.25, 0.3) is 0 Å². The highest BCUT2D eigenvalue weighted by atomic mass is 16.7. The lowest BCUT2D eigenvalue weighted by Gasteiger charge is -2.42. The molecule has 384 valence electrons. The summed E-state index contributed by atoms with van der Waals surface area (Å²) in [5.74, 6) is -0.413. The van der Waals surface area contributed by atoms with Gasteiger partial charge in [0.15, 0.2) is 12.6 Å². The molecule has 2 saturated heterocycles. The van der Waals surface area contributed by atoms with E-state index in [1.807, 2.05) is 6.08 Å². The standard InChI is InChI=1S/C53H88O14/c1-3-5-7-9-11-13-15-17-19-21-22-24-26-28-30-32-34-36-45(55)65-42(39-62-37-35-33-31-29-27-25-23-20-18-16-14-12-10-8-6-4-2)40-63-52-51(61)49(59)47(57)44(67-52)41-64-53-50(60)48(58)46(56)43(38-54)66-53/h6,8,11-14,17-20,25,27,31,33,42-44,46-54,56-61H,3-5,7,9-10,15-16,21-24,26,28-30,32,34-41H2,1-2H3/b8-6-,13-11-,14-12-,19-17-,20-18-,27-25-,33-31-. The van der Waals surface area contributed by atoms with Gasteiger partial charge in [0.1, 0.15) is 54.9 Å². The van der Waals surface area contributed by atoms with Crippen molar-refractivity contribution in [2.45, 2.75) is 210 Å². The molecule has 14 nitrogen and oxygen atoms in total. The second-order valence-electron chi connectivity index (χ2n) is 17.3. The minimum atomic E-state index is -1.72. The Bertz CT molecular complexity index is 1430. The van der Waals surface area contributed by atoms with E-state index in [2.05, 4.69) is 92.8 Å². The summed E-state index contributed by atoms with van der Waals surface area (Å²) in [4.78, 5) is 13.0. The summed E-state index contributed by atoms with van der Waals surface area (Å²) >= 11 is 0. The van der Waals surface area contributed by atoms with E-state index in [-0.39, 0.29) is 19.6 Å². The van der Waals surface area contributed by atoms with Gasteiger partial charge in [-0.25, -0.2) is 0 Å². The summed E-state index contributed by atoms with van der Waals surface area (Å²) in [7, 11) is 0. The normalized spacial score (nSPS) is 26.8. The SMILES string of the molecule is CC/C=C\C/C=C\C/C=C\C/C=C\C/C=C\CCOCC(COC1OC(COC2OC(CO)C(O)C(O)C2O)C(O)C(O)C1O)OC(=O)CCCCCCCCC/C=C\C/C=C\CCCCC. The molecule has 14 heteroatoms. The molecule has 67 heavy (non-hydrogen) atoms. The molecule has 0 aromatic rings. The van der Waals surface area contributed by atoms with Crippen molar-refractivity contribution in [1.29, 1.82) is 0 Å². The first-order valence-corrected chi connectivity index (χ1v) is 25.2. The molecule has 2 rings (SSSR count). The molecule has 0 radical (unpaired) electrons. The van der Waals surface area contributed by atoms with Crippen LogP contribution in [-0.2, 0) is 33.2 Å². The zero-order valence-corrected chi connectivity index (χ0v) is 40.6. The number of aliphatic hydroxyl groups excluding tert-OH is 7. The first-order chi connectivity index (χ1) is 32.6. The zero-order valence-electron chi connectivity index (χ0n) is 40.6. The van der Waals surface area contributed by atoms with Crippen LogP contribution in [0.5, 0.6) is 0 Å². The minimum Gasteiger partial charge on any atom is -0.457 e. The Morgan fingerprint density at radius 1 is 0.507 bits per heavy atom. The number of hydrogen-bond acceptors (Lipinski definition) is 14. The van der Waals surface area contributed by atoms with Crippen LogP contribution >= 0.6 is 0 Å². The van der Waals surface area contributed by atoms with Gasteiger partial charge in [0.05, 0.1) is 33.0 Å². The maximum Gasteiger partial charge on any atom is 0.306 e. The monoisotopic (exact) mass is 949 g/mol. The van der Waals surface area contributed by atoms with Gasteiger partial charge in [-0.2, -0.15) is 0 Å². The van der Waals surface area contributed by atoms with E-state index in [1.54, 1.807) is 0 Å². The fraction of sp³-hybridized carbons (Fsp3) is 0.717. The Morgan fingerprint density at radius 2 is 0.970 bits per heavy atom. The Morgan fingerprint density at radius 3 is 1.52 bits per heavy atom. The van der Waals surface area contributed by atoms with Gasteiger partial charge in [-0.3, -0.25) is 4.79 Å². The summed E-state index contributed by atoms with van der Waals surface area (Å²) < 4.78 is 34.1. The average Bonchev–Trinajstić information content (AvgIpc) is 3.32. The highest BCUT2D eigenvalue weighted by Crippen LogP contribution is 2.26. The largest absolute Gasteiger partial charge is 0.457 e. The average molecular weight is 949 g/mol. The predicted octanol–water partition coefficient (Wildman–Crippen LogP) is 7.29. The third-order valence-corrected chi connectivity index (χ3v) is 11.4. The molecule has 2 heterocycles. The summed E-state index contributed by atoms with van der Waals surface area (Å²) in [6, 6.07) is 0. The van der Waals surface area contributed by atoms with Crippen molar-refractivity contribution in [3.8, 4) is 0 Å². The van der Waals surface area contributed by atoms with Crippen LogP contribution in [0, 0.1) is 0 Å². The Balaban J connectivity index is 1.82. The molecule has 11 atom stereocenters. The molecule has 7 N–H and O–H groups in total. The van der Waals surface area contributed by atoms with Crippen molar-refractivity contribution >= 4 is 5.97 Å². The molecule has 0 aromatic heterocycles. The van der Waals surface area contributed by atoms with E-state index in [4.69, 9.17) is 28.4 Å². The molecule has 0 aliphatic carbocycles. The van der Waals surface area contributed by atoms with E-state index in [0.29, 0.717) is 19.4 Å². The number of allylic oxidation sites excluding steroid dienone is 13. The summed E-state index contributed by atoms with van der Waals surface area (Å²) in [6.07, 6.45) is 33.8. The van der Waals surface area contributed by atoms with Gasteiger partial charge in [-0.05, 0) is 77.0 Å². The lowest BCUT2D eigenvalue weighted by atomic mass is 9.98. The van der Waals surface area contributed by atoms with Crippen LogP contribution in [-0.4, -0.2) is 142 Å². The van der Waals surface area contributed by atoms with Crippen LogP contribution in [0.4, 0.5) is 0 Å². The fourth-order valence-electron chi connectivity index (χ4n) is 7.32. The van der Waals surface area contributed by atoms with Gasteiger partial charge in [0.2, 0.25) is 0 Å². The first kappa shape index (κ1) is 60.3. The molecular weight excluding hydrogens is 861 g/mol. The maximum atomic E-state index is 13.0. The first-order valence-electron chi connectivity index (χ1n) is 25.2. The lowest BCUT2D eigenvalue weighted by Crippen LogP contribution is -2.61. The summed E-state index contributed by atoms with van der Waals surface area (Å²) in [5, 5.41) is 72.1. The number of ether oxygens (including phenoxy) is 6. The summed E-state index contributed by atoms with van der Waals surface area (Å²) in [5.41, 5.74) is 0. The van der Waals surface area contributed by atoms with E-state index in [1.165, 1.54) is 38.5 Å². The molecule has 0 spiro atoms. The number of carbonyl (C=O) groups excluding carboxylic acids is 1. The summed E-state index contributed by atoms with van der Waals surface area (Å²) in [6.45, 7) is 3.28. The van der Waals surface area contributed by atoms with Crippen LogP contribution in [0.25, 0.3) is 0 Å². The highest BCUT2D eigenvalue weighted by Gasteiger charge is 2.47. The Kier molecular flexibility index (Phi) is 36.0. The number of rotatable bonds is 38. The molecule has 0 saturated carbocycles. The van der Waals surface area contributed by atoms with Crippen LogP contribution in [0.2, 0.25) is 0 Å². The van der Waals surface area contributed by atoms with Gasteiger partial charge >= 0.3 is 5.97 Å². The number of unbranched alkanes of at least 4 members (excludes halogenated alkanes) is 10.